The number of esters is 1. The maximum absolute atomic E-state index is 11.2. The Morgan fingerprint density at radius 2 is 2.00 bits per heavy atom. The molecular weight excluding hydrogens is 206 g/mol. The highest BCUT2D eigenvalue weighted by atomic mass is 16.5. The molecule has 1 atom stereocenters. The molecule has 0 bridgehead atoms. The number of carbonyl (C=O) groups excluding carboxylic acids is 1. The van der Waals surface area contributed by atoms with Crippen molar-refractivity contribution in [3.8, 4) is 0 Å². The Labute approximate surface area is 95.0 Å². The van der Waals surface area contributed by atoms with Gasteiger partial charge >= 0.3 is 5.97 Å². The highest BCUT2D eigenvalue weighted by molar-refractivity contribution is 5.89. The topological polar surface area (TPSA) is 72.5 Å². The van der Waals surface area contributed by atoms with Crippen LogP contribution >= 0.6 is 0 Å². The van der Waals surface area contributed by atoms with Crippen LogP contribution in [0, 0.1) is 0 Å². The molecule has 0 aliphatic carbocycles. The monoisotopic (exact) mass is 223 g/mol. The predicted molar refractivity (Wildman–Crippen MR) is 61.2 cm³/mol. The molecule has 1 aromatic carbocycles. The maximum atomic E-state index is 11.2. The van der Waals surface area contributed by atoms with E-state index in [1.807, 2.05) is 12.1 Å². The average molecular weight is 223 g/mol. The van der Waals surface area contributed by atoms with Crippen molar-refractivity contribution in [3.05, 3.63) is 35.4 Å². The molecule has 0 spiro atoms. The third-order valence-corrected chi connectivity index (χ3v) is 2.34. The van der Waals surface area contributed by atoms with Crippen LogP contribution in [0.4, 0.5) is 0 Å². The summed E-state index contributed by atoms with van der Waals surface area (Å²) in [5, 5.41) is 9.04. The number of aliphatic hydroxyl groups excluding tert-OH is 1. The molecule has 0 heterocycles. The Morgan fingerprint density at radius 1 is 1.44 bits per heavy atom. The first-order valence-corrected chi connectivity index (χ1v) is 5.05. The van der Waals surface area contributed by atoms with Gasteiger partial charge in [-0.2, -0.15) is 0 Å². The summed E-state index contributed by atoms with van der Waals surface area (Å²) in [6.45, 7) is 1.70. The van der Waals surface area contributed by atoms with Gasteiger partial charge in [0.15, 0.2) is 0 Å². The fourth-order valence-corrected chi connectivity index (χ4v) is 1.40. The first kappa shape index (κ1) is 12.7. The van der Waals surface area contributed by atoms with Gasteiger partial charge in [0.25, 0.3) is 0 Å². The van der Waals surface area contributed by atoms with Gasteiger partial charge in [0.05, 0.1) is 19.3 Å². The molecule has 1 unspecified atom stereocenters. The summed E-state index contributed by atoms with van der Waals surface area (Å²) >= 11 is 0. The summed E-state index contributed by atoms with van der Waals surface area (Å²) in [6.07, 6.45) is 0.560. The van der Waals surface area contributed by atoms with Crippen LogP contribution in [0.2, 0.25) is 0 Å². The van der Waals surface area contributed by atoms with Gasteiger partial charge in [-0.3, -0.25) is 0 Å². The Bertz CT molecular complexity index is 357. The summed E-state index contributed by atoms with van der Waals surface area (Å²) in [5.74, 6) is -0.357. The van der Waals surface area contributed by atoms with E-state index in [4.69, 9.17) is 10.8 Å². The van der Waals surface area contributed by atoms with Crippen molar-refractivity contribution in [2.45, 2.75) is 18.9 Å². The summed E-state index contributed by atoms with van der Waals surface area (Å²) in [5.41, 5.74) is 6.69. The van der Waals surface area contributed by atoms with E-state index < -0.39 is 5.54 Å². The highest BCUT2D eigenvalue weighted by Crippen LogP contribution is 2.12. The van der Waals surface area contributed by atoms with Crippen LogP contribution in [0.15, 0.2) is 24.3 Å². The van der Waals surface area contributed by atoms with Crippen LogP contribution in [-0.2, 0) is 11.2 Å². The van der Waals surface area contributed by atoms with Crippen molar-refractivity contribution in [1.29, 1.82) is 0 Å². The van der Waals surface area contributed by atoms with Crippen LogP contribution in [-0.4, -0.2) is 30.3 Å². The molecule has 0 saturated carbocycles. The first-order valence-electron chi connectivity index (χ1n) is 5.05. The second kappa shape index (κ2) is 5.09. The number of ether oxygens (including phenoxy) is 1. The minimum Gasteiger partial charge on any atom is -0.465 e. The van der Waals surface area contributed by atoms with E-state index in [0.717, 1.165) is 5.56 Å². The zero-order valence-corrected chi connectivity index (χ0v) is 9.56. The molecule has 0 aliphatic rings. The number of rotatable bonds is 4. The normalized spacial score (nSPS) is 14.2. The van der Waals surface area contributed by atoms with E-state index >= 15 is 0 Å². The van der Waals surface area contributed by atoms with Gasteiger partial charge in [-0.25, -0.2) is 4.79 Å². The number of nitrogens with two attached hydrogens (primary N) is 1. The van der Waals surface area contributed by atoms with E-state index in [2.05, 4.69) is 4.74 Å². The average Bonchev–Trinajstić information content (AvgIpc) is 2.28. The summed E-state index contributed by atoms with van der Waals surface area (Å²) in [7, 11) is 1.35. The molecule has 0 amide bonds. The molecule has 0 aromatic heterocycles. The van der Waals surface area contributed by atoms with Crippen molar-refractivity contribution in [2.24, 2.45) is 5.73 Å². The van der Waals surface area contributed by atoms with E-state index in [1.54, 1.807) is 19.1 Å². The molecule has 1 aromatic rings. The minimum absolute atomic E-state index is 0.0776. The molecule has 88 valence electrons. The zero-order valence-electron chi connectivity index (χ0n) is 9.56. The van der Waals surface area contributed by atoms with Crippen molar-refractivity contribution < 1.29 is 14.6 Å². The van der Waals surface area contributed by atoms with Crippen molar-refractivity contribution >= 4 is 5.97 Å². The Morgan fingerprint density at radius 3 is 2.44 bits per heavy atom. The van der Waals surface area contributed by atoms with Crippen molar-refractivity contribution in [2.75, 3.05) is 13.7 Å². The fraction of sp³-hybridized carbons (Fsp3) is 0.417. The molecule has 4 nitrogen and oxygen atoms in total. The van der Waals surface area contributed by atoms with E-state index in [0.29, 0.717) is 12.0 Å². The van der Waals surface area contributed by atoms with Crippen LogP contribution in [0.25, 0.3) is 0 Å². The standard InChI is InChI=1S/C12H17NO3/c1-12(13,8-14)7-9-3-5-10(6-4-9)11(15)16-2/h3-6,14H,7-8,13H2,1-2H3. The molecular formula is C12H17NO3. The number of hydrogen-bond donors (Lipinski definition) is 2. The van der Waals surface area contributed by atoms with E-state index in [9.17, 15) is 4.79 Å². The molecule has 1 rings (SSSR count). The second-order valence-electron chi connectivity index (χ2n) is 4.18. The van der Waals surface area contributed by atoms with Crippen LogP contribution < -0.4 is 5.73 Å². The number of carbonyl (C=O) groups is 1. The third kappa shape index (κ3) is 3.32. The van der Waals surface area contributed by atoms with Gasteiger partial charge in [-0.05, 0) is 31.0 Å². The lowest BCUT2D eigenvalue weighted by Crippen LogP contribution is -2.42. The van der Waals surface area contributed by atoms with Gasteiger partial charge in [0.2, 0.25) is 0 Å². The Kier molecular flexibility index (Phi) is 4.04. The Hall–Kier alpha value is -1.39. The van der Waals surface area contributed by atoms with E-state index in [1.165, 1.54) is 7.11 Å². The molecule has 16 heavy (non-hydrogen) atoms. The smallest absolute Gasteiger partial charge is 0.337 e. The fourth-order valence-electron chi connectivity index (χ4n) is 1.40. The lowest BCUT2D eigenvalue weighted by molar-refractivity contribution is 0.0600. The third-order valence-electron chi connectivity index (χ3n) is 2.34. The van der Waals surface area contributed by atoms with Crippen molar-refractivity contribution in [3.63, 3.8) is 0 Å². The van der Waals surface area contributed by atoms with Crippen molar-refractivity contribution in [1.82, 2.24) is 0 Å². The van der Waals surface area contributed by atoms with Crippen LogP contribution in [0.3, 0.4) is 0 Å². The molecule has 0 fully saturated rings. The molecule has 0 radical (unpaired) electrons. The van der Waals surface area contributed by atoms with Gasteiger partial charge in [-0.1, -0.05) is 12.1 Å². The molecule has 0 saturated heterocycles. The second-order valence-corrected chi connectivity index (χ2v) is 4.18. The number of hydrogen-bond acceptors (Lipinski definition) is 4. The van der Waals surface area contributed by atoms with Gasteiger partial charge in [0.1, 0.15) is 0 Å². The summed E-state index contributed by atoms with van der Waals surface area (Å²) < 4.78 is 4.59. The first-order chi connectivity index (χ1) is 7.48. The zero-order chi connectivity index (χ0) is 12.2. The largest absolute Gasteiger partial charge is 0.465 e. The molecule has 3 N–H and O–H groups in total. The number of aliphatic hydroxyl groups is 1. The summed E-state index contributed by atoms with van der Waals surface area (Å²) in [6, 6.07) is 7.00. The van der Waals surface area contributed by atoms with E-state index in [-0.39, 0.29) is 12.6 Å². The van der Waals surface area contributed by atoms with Gasteiger partial charge in [0, 0.05) is 5.54 Å². The van der Waals surface area contributed by atoms with Gasteiger partial charge in [-0.15, -0.1) is 0 Å². The lowest BCUT2D eigenvalue weighted by Gasteiger charge is -2.21. The SMILES string of the molecule is COC(=O)c1ccc(CC(C)(N)CO)cc1. The molecule has 4 heteroatoms. The lowest BCUT2D eigenvalue weighted by atomic mass is 9.94. The number of methoxy groups -OCH3 is 1. The molecule has 0 aliphatic heterocycles. The summed E-state index contributed by atoms with van der Waals surface area (Å²) in [4.78, 5) is 11.2. The Balaban J connectivity index is 2.76. The quantitative estimate of drug-likeness (QED) is 0.738. The maximum Gasteiger partial charge on any atom is 0.337 e. The van der Waals surface area contributed by atoms with Gasteiger partial charge < -0.3 is 15.6 Å². The van der Waals surface area contributed by atoms with Crippen LogP contribution in [0.5, 0.6) is 0 Å². The highest BCUT2D eigenvalue weighted by Gasteiger charge is 2.17. The predicted octanol–water partition coefficient (Wildman–Crippen LogP) is 0.725. The number of benzene rings is 1. The van der Waals surface area contributed by atoms with Crippen LogP contribution in [0.1, 0.15) is 22.8 Å². The minimum atomic E-state index is -0.632.